The molecule has 3 rings (SSSR count). The first-order chi connectivity index (χ1) is 19.9. The smallest absolute Gasteiger partial charge is 0.425 e. The van der Waals surface area contributed by atoms with Crippen LogP contribution < -0.4 is 0 Å². The second-order valence-corrected chi connectivity index (χ2v) is 10.1. The number of thiazole rings is 2. The lowest BCUT2D eigenvalue weighted by atomic mass is 9.99. The fourth-order valence-corrected chi connectivity index (χ4v) is 4.57. The average molecular weight is 637 g/mol. The number of rotatable bonds is 14. The number of aliphatic imine (C=N–C) groups is 2. The number of hydrogen-bond acceptors (Lipinski definition) is 20. The summed E-state index contributed by atoms with van der Waals surface area (Å²) in [6.07, 6.45) is -9.09. The normalized spacial score (nSPS) is 25.0. The van der Waals surface area contributed by atoms with Gasteiger partial charge < -0.3 is 64.7 Å². The Labute approximate surface area is 242 Å². The van der Waals surface area contributed by atoms with Crippen molar-refractivity contribution >= 4 is 61.3 Å². The molecule has 0 aliphatic carbocycles. The highest BCUT2D eigenvalue weighted by molar-refractivity contribution is 7.18. The predicted molar refractivity (Wildman–Crippen MR) is 140 cm³/mol. The van der Waals surface area contributed by atoms with Crippen molar-refractivity contribution in [3.05, 3.63) is 32.6 Å². The van der Waals surface area contributed by atoms with E-state index in [0.29, 0.717) is 22.7 Å². The maximum atomic E-state index is 11.5. The molecule has 5 N–H and O–H groups in total. The standard InChI is InChI=1S/C20H24N6O14S2/c1-8(29)37-17-15(31)11(7-28)40-18(16(17)32)39-9(2-21-12-3-23-19(41-12)25(33)34)10(6-27)38-14(30)5-22-13-4-24-20(42-13)26(35)36/h2-5,9-11,14-18,27-28,30-32H,6-7H2,1H3/t9-,10-,11-,14+,15+,16-,17+,18-/m1/s1. The minimum absolute atomic E-state index is 0.0208. The fraction of sp³-hybridized carbons (Fsp3) is 0.550. The number of ether oxygens (including phenoxy) is 4. The van der Waals surface area contributed by atoms with Crippen LogP contribution in [-0.2, 0) is 23.7 Å². The minimum atomic E-state index is -1.84. The van der Waals surface area contributed by atoms with Gasteiger partial charge in [-0.15, -0.1) is 0 Å². The summed E-state index contributed by atoms with van der Waals surface area (Å²) in [7, 11) is 0. The van der Waals surface area contributed by atoms with Gasteiger partial charge in [0.25, 0.3) is 0 Å². The van der Waals surface area contributed by atoms with E-state index in [9.17, 15) is 50.6 Å². The SMILES string of the molecule is CC(=O)O[C@H]1[C@@H](O)[C@@H](CO)O[C@@H](O[C@H](C=Nc2cnc([N+](=O)[O-])s2)[C@@H](CO)O[C@H](O)C=Nc2cnc([N+](=O)[O-])s2)[C@@H]1O. The van der Waals surface area contributed by atoms with E-state index in [4.69, 9.17) is 18.9 Å². The molecule has 1 saturated heterocycles. The molecule has 8 atom stereocenters. The third kappa shape index (κ3) is 8.78. The van der Waals surface area contributed by atoms with Crippen LogP contribution in [0.1, 0.15) is 6.92 Å². The Kier molecular flexibility index (Phi) is 11.9. The van der Waals surface area contributed by atoms with Crippen molar-refractivity contribution in [1.29, 1.82) is 0 Å². The number of aliphatic hydroxyl groups is 5. The van der Waals surface area contributed by atoms with Crippen LogP contribution >= 0.6 is 22.7 Å². The van der Waals surface area contributed by atoms with E-state index in [0.717, 1.165) is 31.7 Å². The summed E-state index contributed by atoms with van der Waals surface area (Å²) in [5.41, 5.74) is 0. The van der Waals surface area contributed by atoms with E-state index < -0.39 is 88.5 Å². The molecule has 0 spiro atoms. The second kappa shape index (κ2) is 15.1. The van der Waals surface area contributed by atoms with Crippen LogP contribution in [0.4, 0.5) is 20.3 Å². The lowest BCUT2D eigenvalue weighted by Gasteiger charge is -2.42. The van der Waals surface area contributed by atoms with Crippen LogP contribution in [0, 0.1) is 20.2 Å². The van der Waals surface area contributed by atoms with E-state index in [1.165, 1.54) is 0 Å². The molecule has 2 aromatic heterocycles. The third-order valence-electron chi connectivity index (χ3n) is 5.23. The zero-order valence-electron chi connectivity index (χ0n) is 21.3. The number of aliphatic hydroxyl groups excluding tert-OH is 5. The third-order valence-corrected chi connectivity index (χ3v) is 6.94. The van der Waals surface area contributed by atoms with Gasteiger partial charge in [0.2, 0.25) is 0 Å². The molecule has 230 valence electrons. The maximum absolute atomic E-state index is 11.5. The maximum Gasteiger partial charge on any atom is 0.425 e. The van der Waals surface area contributed by atoms with Gasteiger partial charge in [-0.05, 0) is 42.5 Å². The van der Waals surface area contributed by atoms with Gasteiger partial charge in [-0.2, -0.15) is 0 Å². The van der Waals surface area contributed by atoms with E-state index >= 15 is 0 Å². The Bertz CT molecular complexity index is 1290. The quantitative estimate of drug-likeness (QED) is 0.0544. The zero-order chi connectivity index (χ0) is 31.0. The average Bonchev–Trinajstić information content (AvgIpc) is 3.62. The topological polar surface area (TPSA) is 292 Å². The molecule has 1 fully saturated rings. The summed E-state index contributed by atoms with van der Waals surface area (Å²) in [6.45, 7) is -0.621. The minimum Gasteiger partial charge on any atom is -0.457 e. The highest BCUT2D eigenvalue weighted by Crippen LogP contribution is 2.30. The molecular weight excluding hydrogens is 612 g/mol. The van der Waals surface area contributed by atoms with Crippen molar-refractivity contribution in [2.45, 2.75) is 56.1 Å². The first-order valence-corrected chi connectivity index (χ1v) is 13.2. The first-order valence-electron chi connectivity index (χ1n) is 11.6. The van der Waals surface area contributed by atoms with Crippen molar-refractivity contribution < 1.29 is 59.1 Å². The van der Waals surface area contributed by atoms with Crippen LogP contribution in [-0.4, -0.2) is 126 Å². The molecule has 0 aromatic carbocycles. The summed E-state index contributed by atoms with van der Waals surface area (Å²) < 4.78 is 21.4. The highest BCUT2D eigenvalue weighted by Gasteiger charge is 2.48. The fourth-order valence-electron chi connectivity index (χ4n) is 3.39. The lowest BCUT2D eigenvalue weighted by Crippen LogP contribution is -2.61. The van der Waals surface area contributed by atoms with Crippen LogP contribution in [0.25, 0.3) is 0 Å². The Hall–Kier alpha value is -3.45. The van der Waals surface area contributed by atoms with E-state index in [1.54, 1.807) is 0 Å². The molecule has 2 aromatic rings. The number of hydrogen-bond donors (Lipinski definition) is 5. The van der Waals surface area contributed by atoms with Gasteiger partial charge in [0.1, 0.15) is 30.5 Å². The van der Waals surface area contributed by atoms with E-state index in [1.807, 2.05) is 0 Å². The molecule has 0 unspecified atom stereocenters. The van der Waals surface area contributed by atoms with Crippen molar-refractivity contribution in [2.75, 3.05) is 13.2 Å². The molecule has 0 radical (unpaired) electrons. The molecular formula is C20H24N6O14S2. The Morgan fingerprint density at radius 2 is 1.67 bits per heavy atom. The molecule has 3 heterocycles. The number of nitro groups is 2. The van der Waals surface area contributed by atoms with Crippen molar-refractivity contribution in [3.8, 4) is 0 Å². The van der Waals surface area contributed by atoms with Gasteiger partial charge in [-0.1, -0.05) is 0 Å². The molecule has 22 heteroatoms. The Balaban J connectivity index is 1.85. The van der Waals surface area contributed by atoms with Gasteiger partial charge in [-0.3, -0.25) is 4.79 Å². The molecule has 1 aliphatic rings. The number of aromatic nitrogens is 2. The number of carbonyl (C=O) groups excluding carboxylic acids is 1. The summed E-state index contributed by atoms with van der Waals surface area (Å²) in [4.78, 5) is 46.7. The summed E-state index contributed by atoms with van der Waals surface area (Å²) in [5, 5.41) is 71.9. The molecule has 0 amide bonds. The van der Waals surface area contributed by atoms with Crippen molar-refractivity contribution in [2.24, 2.45) is 9.98 Å². The van der Waals surface area contributed by atoms with Gasteiger partial charge in [0.05, 0.1) is 19.4 Å². The molecule has 20 nitrogen and oxygen atoms in total. The summed E-state index contributed by atoms with van der Waals surface area (Å²) in [6, 6.07) is 0. The predicted octanol–water partition coefficient (Wildman–Crippen LogP) is -1.03. The van der Waals surface area contributed by atoms with Crippen LogP contribution in [0.2, 0.25) is 0 Å². The highest BCUT2D eigenvalue weighted by atomic mass is 32.1. The molecule has 42 heavy (non-hydrogen) atoms. The van der Waals surface area contributed by atoms with Gasteiger partial charge in [-0.25, -0.2) is 9.98 Å². The van der Waals surface area contributed by atoms with Gasteiger partial charge in [0.15, 0.2) is 41.1 Å². The second-order valence-electron chi connectivity index (χ2n) is 8.16. The van der Waals surface area contributed by atoms with Crippen LogP contribution in [0.15, 0.2) is 22.4 Å². The van der Waals surface area contributed by atoms with Crippen molar-refractivity contribution in [1.82, 2.24) is 9.97 Å². The van der Waals surface area contributed by atoms with Crippen molar-refractivity contribution in [3.63, 3.8) is 0 Å². The first kappa shape index (κ1) is 33.1. The van der Waals surface area contributed by atoms with Gasteiger partial charge in [0, 0.05) is 13.1 Å². The molecule has 1 aliphatic heterocycles. The van der Waals surface area contributed by atoms with E-state index in [-0.39, 0.29) is 10.0 Å². The molecule has 0 saturated carbocycles. The monoisotopic (exact) mass is 636 g/mol. The number of esters is 1. The van der Waals surface area contributed by atoms with Gasteiger partial charge >= 0.3 is 16.2 Å². The summed E-state index contributed by atoms with van der Waals surface area (Å²) in [5.74, 6) is -0.870. The Morgan fingerprint density at radius 1 is 1.10 bits per heavy atom. The zero-order valence-corrected chi connectivity index (χ0v) is 22.9. The largest absolute Gasteiger partial charge is 0.457 e. The number of carbonyl (C=O) groups is 1. The Morgan fingerprint density at radius 3 is 2.14 bits per heavy atom. The lowest BCUT2D eigenvalue weighted by molar-refractivity contribution is -0.384. The van der Waals surface area contributed by atoms with Crippen LogP contribution in [0.3, 0.4) is 0 Å². The van der Waals surface area contributed by atoms with Crippen LogP contribution in [0.5, 0.6) is 0 Å². The van der Waals surface area contributed by atoms with E-state index in [2.05, 4.69) is 20.0 Å². The number of nitrogens with zero attached hydrogens (tertiary/aromatic N) is 6. The molecule has 0 bridgehead atoms. The summed E-state index contributed by atoms with van der Waals surface area (Å²) >= 11 is 1.20.